The summed E-state index contributed by atoms with van der Waals surface area (Å²) in [5.74, 6) is -1.94. The summed E-state index contributed by atoms with van der Waals surface area (Å²) in [6, 6.07) is 2.01. The van der Waals surface area contributed by atoms with Gasteiger partial charge in [-0.3, -0.25) is 4.79 Å². The zero-order chi connectivity index (χ0) is 14.0. The summed E-state index contributed by atoms with van der Waals surface area (Å²) in [6.45, 7) is 5.10. The SMILES string of the molecule is Cc1cc(C(=O)NC2(C)CCNCC2)c(F)cc1F.Cl. The Morgan fingerprint density at radius 2 is 1.85 bits per heavy atom. The van der Waals surface area contributed by atoms with E-state index >= 15 is 0 Å². The van der Waals surface area contributed by atoms with Crippen LogP contribution in [-0.4, -0.2) is 24.5 Å². The van der Waals surface area contributed by atoms with Crippen molar-refractivity contribution in [2.75, 3.05) is 13.1 Å². The lowest BCUT2D eigenvalue weighted by molar-refractivity contribution is 0.0883. The van der Waals surface area contributed by atoms with Gasteiger partial charge in [0.2, 0.25) is 0 Å². The molecule has 1 saturated heterocycles. The van der Waals surface area contributed by atoms with Crippen molar-refractivity contribution in [2.45, 2.75) is 32.2 Å². The van der Waals surface area contributed by atoms with Gasteiger partial charge in [0, 0.05) is 11.6 Å². The second kappa shape index (κ2) is 6.50. The van der Waals surface area contributed by atoms with Gasteiger partial charge in [0.05, 0.1) is 5.56 Å². The van der Waals surface area contributed by atoms with Gasteiger partial charge in [0.15, 0.2) is 0 Å². The van der Waals surface area contributed by atoms with Crippen LogP contribution in [0.5, 0.6) is 0 Å². The molecule has 1 aromatic carbocycles. The highest BCUT2D eigenvalue weighted by Gasteiger charge is 2.29. The summed E-state index contributed by atoms with van der Waals surface area (Å²) in [7, 11) is 0. The lowest BCUT2D eigenvalue weighted by atomic mass is 9.90. The lowest BCUT2D eigenvalue weighted by Crippen LogP contribution is -2.52. The number of carbonyl (C=O) groups is 1. The molecule has 6 heteroatoms. The predicted octanol–water partition coefficient (Wildman–Crippen LogP) is 2.57. The van der Waals surface area contributed by atoms with Crippen LogP contribution in [0.1, 0.15) is 35.7 Å². The summed E-state index contributed by atoms with van der Waals surface area (Å²) in [4.78, 5) is 12.1. The van der Waals surface area contributed by atoms with Crippen molar-refractivity contribution in [3.8, 4) is 0 Å². The summed E-state index contributed by atoms with van der Waals surface area (Å²) >= 11 is 0. The van der Waals surface area contributed by atoms with E-state index < -0.39 is 17.5 Å². The van der Waals surface area contributed by atoms with E-state index in [1.807, 2.05) is 6.92 Å². The van der Waals surface area contributed by atoms with Crippen LogP contribution in [-0.2, 0) is 0 Å². The van der Waals surface area contributed by atoms with Crippen molar-refractivity contribution in [2.24, 2.45) is 0 Å². The fourth-order valence-corrected chi connectivity index (χ4v) is 2.28. The molecule has 20 heavy (non-hydrogen) atoms. The van der Waals surface area contributed by atoms with E-state index in [1.54, 1.807) is 0 Å². The van der Waals surface area contributed by atoms with Crippen LogP contribution in [0.4, 0.5) is 8.78 Å². The molecule has 0 aromatic heterocycles. The minimum absolute atomic E-state index is 0. The first-order valence-corrected chi connectivity index (χ1v) is 6.40. The van der Waals surface area contributed by atoms with Gasteiger partial charge >= 0.3 is 0 Å². The predicted molar refractivity (Wildman–Crippen MR) is 76.3 cm³/mol. The number of amides is 1. The van der Waals surface area contributed by atoms with Crippen molar-refractivity contribution in [3.05, 3.63) is 34.9 Å². The second-order valence-electron chi connectivity index (χ2n) is 5.35. The van der Waals surface area contributed by atoms with E-state index in [1.165, 1.54) is 13.0 Å². The third-order valence-corrected chi connectivity index (χ3v) is 3.62. The molecule has 0 aliphatic carbocycles. The maximum atomic E-state index is 13.6. The molecule has 0 spiro atoms. The van der Waals surface area contributed by atoms with Gasteiger partial charge in [-0.2, -0.15) is 0 Å². The smallest absolute Gasteiger partial charge is 0.254 e. The molecule has 1 aromatic rings. The number of aryl methyl sites for hydroxylation is 1. The first kappa shape index (κ1) is 16.9. The minimum Gasteiger partial charge on any atom is -0.347 e. The van der Waals surface area contributed by atoms with Crippen LogP contribution in [0.25, 0.3) is 0 Å². The average molecular weight is 305 g/mol. The lowest BCUT2D eigenvalue weighted by Gasteiger charge is -2.35. The van der Waals surface area contributed by atoms with Crippen LogP contribution in [0.2, 0.25) is 0 Å². The maximum absolute atomic E-state index is 13.6. The van der Waals surface area contributed by atoms with Crippen LogP contribution < -0.4 is 10.6 Å². The van der Waals surface area contributed by atoms with Crippen molar-refractivity contribution in [3.63, 3.8) is 0 Å². The van der Waals surface area contributed by atoms with E-state index in [-0.39, 0.29) is 29.1 Å². The highest BCUT2D eigenvalue weighted by molar-refractivity contribution is 5.95. The molecule has 0 unspecified atom stereocenters. The minimum atomic E-state index is -0.821. The number of hydrogen-bond acceptors (Lipinski definition) is 2. The van der Waals surface area contributed by atoms with Gasteiger partial charge in [-0.25, -0.2) is 8.78 Å². The topological polar surface area (TPSA) is 41.1 Å². The number of hydrogen-bond donors (Lipinski definition) is 2. The largest absolute Gasteiger partial charge is 0.347 e. The standard InChI is InChI=1S/C14H18F2N2O.ClH/c1-9-7-10(12(16)8-11(9)15)13(19)18-14(2)3-5-17-6-4-14;/h7-8,17H,3-6H2,1-2H3,(H,18,19);1H. The first-order chi connectivity index (χ1) is 8.91. The summed E-state index contributed by atoms with van der Waals surface area (Å²) in [5.41, 5.74) is -0.169. The molecule has 1 heterocycles. The molecule has 1 amide bonds. The number of nitrogens with one attached hydrogen (secondary N) is 2. The van der Waals surface area contributed by atoms with Crippen molar-refractivity contribution in [1.82, 2.24) is 10.6 Å². The van der Waals surface area contributed by atoms with Crippen molar-refractivity contribution in [1.29, 1.82) is 0 Å². The van der Waals surface area contributed by atoms with Gasteiger partial charge in [-0.15, -0.1) is 12.4 Å². The van der Waals surface area contributed by atoms with E-state index in [0.717, 1.165) is 32.0 Å². The molecule has 2 rings (SSSR count). The first-order valence-electron chi connectivity index (χ1n) is 6.40. The number of carbonyl (C=O) groups excluding carboxylic acids is 1. The van der Waals surface area contributed by atoms with Crippen molar-refractivity contribution < 1.29 is 13.6 Å². The Morgan fingerprint density at radius 3 is 2.45 bits per heavy atom. The van der Waals surface area contributed by atoms with Gasteiger partial charge in [0.25, 0.3) is 5.91 Å². The van der Waals surface area contributed by atoms with E-state index in [2.05, 4.69) is 10.6 Å². The second-order valence-corrected chi connectivity index (χ2v) is 5.35. The molecule has 0 atom stereocenters. The molecule has 2 N–H and O–H groups in total. The molecule has 0 bridgehead atoms. The Morgan fingerprint density at radius 1 is 1.25 bits per heavy atom. The van der Waals surface area contributed by atoms with Crippen LogP contribution in [0.3, 0.4) is 0 Å². The molecular weight excluding hydrogens is 286 g/mol. The Hall–Kier alpha value is -1.20. The van der Waals surface area contributed by atoms with Crippen LogP contribution in [0.15, 0.2) is 12.1 Å². The zero-order valence-electron chi connectivity index (χ0n) is 11.6. The number of benzene rings is 1. The molecule has 0 saturated carbocycles. The molecule has 0 radical (unpaired) electrons. The molecule has 112 valence electrons. The monoisotopic (exact) mass is 304 g/mol. The maximum Gasteiger partial charge on any atom is 0.254 e. The van der Waals surface area contributed by atoms with E-state index in [9.17, 15) is 13.6 Å². The Bertz CT molecular complexity index is 502. The van der Waals surface area contributed by atoms with Crippen LogP contribution in [0, 0.1) is 18.6 Å². The quantitative estimate of drug-likeness (QED) is 0.882. The number of piperidine rings is 1. The van der Waals surface area contributed by atoms with Gasteiger partial charge in [-0.05, 0) is 51.4 Å². The van der Waals surface area contributed by atoms with E-state index in [0.29, 0.717) is 0 Å². The summed E-state index contributed by atoms with van der Waals surface area (Å²) in [5, 5.41) is 6.06. The number of halogens is 3. The van der Waals surface area contributed by atoms with Crippen LogP contribution >= 0.6 is 12.4 Å². The third-order valence-electron chi connectivity index (χ3n) is 3.62. The highest BCUT2D eigenvalue weighted by Crippen LogP contribution is 2.20. The third kappa shape index (κ3) is 3.67. The molecular formula is C14H19ClF2N2O. The van der Waals surface area contributed by atoms with Gasteiger partial charge < -0.3 is 10.6 Å². The fraction of sp³-hybridized carbons (Fsp3) is 0.500. The molecule has 1 aliphatic rings. The zero-order valence-corrected chi connectivity index (χ0v) is 12.4. The summed E-state index contributed by atoms with van der Waals surface area (Å²) in [6.07, 6.45) is 1.58. The normalized spacial score (nSPS) is 17.2. The molecule has 1 aliphatic heterocycles. The Kier molecular flexibility index (Phi) is 5.48. The Balaban J connectivity index is 0.00000200. The average Bonchev–Trinajstić information content (AvgIpc) is 2.34. The van der Waals surface area contributed by atoms with Crippen molar-refractivity contribution >= 4 is 18.3 Å². The number of rotatable bonds is 2. The van der Waals surface area contributed by atoms with Gasteiger partial charge in [0.1, 0.15) is 11.6 Å². The highest BCUT2D eigenvalue weighted by atomic mass is 35.5. The molecule has 3 nitrogen and oxygen atoms in total. The summed E-state index contributed by atoms with van der Waals surface area (Å²) < 4.78 is 26.8. The Labute approximate surface area is 123 Å². The fourth-order valence-electron chi connectivity index (χ4n) is 2.28. The van der Waals surface area contributed by atoms with Gasteiger partial charge in [-0.1, -0.05) is 0 Å². The molecule has 1 fully saturated rings. The van der Waals surface area contributed by atoms with E-state index in [4.69, 9.17) is 0 Å².